The van der Waals surface area contributed by atoms with Gasteiger partial charge in [-0.15, -0.1) is 0 Å². The van der Waals surface area contributed by atoms with Crippen LogP contribution in [-0.2, 0) is 21.2 Å². The number of carbonyl (C=O) groups is 1. The minimum absolute atomic E-state index is 0.137. The number of nitrogens with one attached hydrogen (secondary N) is 1. The van der Waals surface area contributed by atoms with Crippen LogP contribution < -0.4 is 5.32 Å². The van der Waals surface area contributed by atoms with E-state index in [9.17, 15) is 13.2 Å². The largest absolute Gasteiger partial charge is 0.464 e. The zero-order valence-corrected chi connectivity index (χ0v) is 12.9. The molecule has 1 saturated carbocycles. The van der Waals surface area contributed by atoms with E-state index in [4.69, 9.17) is 4.42 Å². The quantitative estimate of drug-likeness (QED) is 0.867. The molecular formula is C14H21NO4S. The van der Waals surface area contributed by atoms with Gasteiger partial charge < -0.3 is 9.73 Å². The van der Waals surface area contributed by atoms with Gasteiger partial charge in [-0.1, -0.05) is 13.8 Å². The van der Waals surface area contributed by atoms with Crippen LogP contribution in [0.25, 0.3) is 0 Å². The van der Waals surface area contributed by atoms with E-state index in [1.54, 1.807) is 6.92 Å². The van der Waals surface area contributed by atoms with Crippen LogP contribution in [0.15, 0.2) is 16.5 Å². The van der Waals surface area contributed by atoms with E-state index in [1.807, 2.05) is 12.1 Å². The van der Waals surface area contributed by atoms with Crippen LogP contribution in [0.3, 0.4) is 0 Å². The molecule has 0 saturated heterocycles. The van der Waals surface area contributed by atoms with Crippen molar-refractivity contribution in [3.05, 3.63) is 23.7 Å². The topological polar surface area (TPSA) is 76.4 Å². The van der Waals surface area contributed by atoms with Gasteiger partial charge >= 0.3 is 0 Å². The van der Waals surface area contributed by atoms with Crippen molar-refractivity contribution >= 4 is 15.7 Å². The van der Waals surface area contributed by atoms with E-state index >= 15 is 0 Å². The number of amides is 1. The lowest BCUT2D eigenvalue weighted by Gasteiger charge is -2.10. The lowest BCUT2D eigenvalue weighted by Crippen LogP contribution is -2.32. The first kappa shape index (κ1) is 15.1. The first-order valence-corrected chi connectivity index (χ1v) is 8.86. The maximum absolute atomic E-state index is 11.8. The third kappa shape index (κ3) is 4.10. The van der Waals surface area contributed by atoms with Crippen molar-refractivity contribution in [2.45, 2.75) is 32.7 Å². The van der Waals surface area contributed by atoms with Gasteiger partial charge in [0.25, 0.3) is 0 Å². The summed E-state index contributed by atoms with van der Waals surface area (Å²) in [5.41, 5.74) is 0. The van der Waals surface area contributed by atoms with E-state index in [2.05, 4.69) is 12.2 Å². The van der Waals surface area contributed by atoms with Crippen LogP contribution in [0, 0.1) is 11.8 Å². The van der Waals surface area contributed by atoms with E-state index in [1.165, 1.54) is 0 Å². The Kier molecular flexibility index (Phi) is 4.22. The van der Waals surface area contributed by atoms with Gasteiger partial charge in [0, 0.05) is 18.1 Å². The Morgan fingerprint density at radius 3 is 2.70 bits per heavy atom. The average Bonchev–Trinajstić information content (AvgIpc) is 2.88. The first-order valence-electron chi connectivity index (χ1n) is 6.80. The fraction of sp³-hybridized carbons (Fsp3) is 0.643. The van der Waals surface area contributed by atoms with Gasteiger partial charge in [0.2, 0.25) is 5.91 Å². The average molecular weight is 299 g/mol. The second kappa shape index (κ2) is 5.60. The summed E-state index contributed by atoms with van der Waals surface area (Å²) in [6.45, 7) is 4.09. The molecule has 6 heteroatoms. The van der Waals surface area contributed by atoms with E-state index < -0.39 is 15.8 Å². The zero-order chi connectivity index (χ0) is 14.9. The second-order valence-corrected chi connectivity index (χ2v) is 8.02. The van der Waals surface area contributed by atoms with Gasteiger partial charge in [-0.3, -0.25) is 4.79 Å². The Morgan fingerprint density at radius 1 is 1.50 bits per heavy atom. The fourth-order valence-corrected chi connectivity index (χ4v) is 3.35. The standard InChI is InChI=1S/C14H21NO4S/c1-9-6-12(9)13-5-4-11(19-13)7-15-14(16)10(2)8-20(3,17)18/h4-5,9-10,12H,6-8H2,1-3H3,(H,15,16)/t9-,10-,12-/m1/s1. The summed E-state index contributed by atoms with van der Waals surface area (Å²) >= 11 is 0. The Labute approximate surface area is 119 Å². The van der Waals surface area contributed by atoms with Crippen molar-refractivity contribution in [1.82, 2.24) is 5.32 Å². The maximum Gasteiger partial charge on any atom is 0.224 e. The molecule has 0 spiro atoms. The lowest BCUT2D eigenvalue weighted by molar-refractivity contribution is -0.124. The van der Waals surface area contributed by atoms with Crippen molar-refractivity contribution in [2.75, 3.05) is 12.0 Å². The molecule has 1 heterocycles. The molecule has 0 aromatic carbocycles. The maximum atomic E-state index is 11.8. The highest BCUT2D eigenvalue weighted by Crippen LogP contribution is 2.47. The summed E-state index contributed by atoms with van der Waals surface area (Å²) < 4.78 is 28.0. The molecule has 5 nitrogen and oxygen atoms in total. The smallest absolute Gasteiger partial charge is 0.224 e. The molecule has 1 aliphatic rings. The highest BCUT2D eigenvalue weighted by molar-refractivity contribution is 7.90. The van der Waals surface area contributed by atoms with Crippen molar-refractivity contribution in [2.24, 2.45) is 11.8 Å². The molecule has 3 atom stereocenters. The molecule has 0 radical (unpaired) electrons. The monoisotopic (exact) mass is 299 g/mol. The lowest BCUT2D eigenvalue weighted by atomic mass is 10.2. The Bertz CT molecular complexity index is 590. The summed E-state index contributed by atoms with van der Waals surface area (Å²) in [5, 5.41) is 2.71. The summed E-state index contributed by atoms with van der Waals surface area (Å²) in [6.07, 6.45) is 2.29. The second-order valence-electron chi connectivity index (χ2n) is 5.83. The van der Waals surface area contributed by atoms with E-state index in [0.717, 1.165) is 18.4 Å². The van der Waals surface area contributed by atoms with Gasteiger partial charge in [-0.2, -0.15) is 0 Å². The molecule has 112 valence electrons. The minimum Gasteiger partial charge on any atom is -0.464 e. The number of furan rings is 1. The Hall–Kier alpha value is -1.30. The van der Waals surface area contributed by atoms with Crippen LogP contribution in [0.4, 0.5) is 0 Å². The van der Waals surface area contributed by atoms with Crippen LogP contribution in [0.2, 0.25) is 0 Å². The molecular weight excluding hydrogens is 278 g/mol. The molecule has 0 unspecified atom stereocenters. The minimum atomic E-state index is -3.14. The predicted molar refractivity (Wildman–Crippen MR) is 76.0 cm³/mol. The normalized spacial score (nSPS) is 23.4. The van der Waals surface area contributed by atoms with Crippen LogP contribution >= 0.6 is 0 Å². The number of hydrogen-bond donors (Lipinski definition) is 1. The molecule has 1 fully saturated rings. The van der Waals surface area contributed by atoms with Gasteiger partial charge in [0.05, 0.1) is 12.3 Å². The third-order valence-corrected chi connectivity index (χ3v) is 4.70. The molecule has 2 rings (SSSR count). The molecule has 1 N–H and O–H groups in total. The summed E-state index contributed by atoms with van der Waals surface area (Å²) in [7, 11) is -3.14. The highest BCUT2D eigenvalue weighted by atomic mass is 32.2. The SMILES string of the molecule is C[C@H](CS(C)(=O)=O)C(=O)NCc1ccc([C@@H]2C[C@H]2C)o1. The number of rotatable bonds is 6. The van der Waals surface area contributed by atoms with E-state index in [0.29, 0.717) is 24.1 Å². The summed E-state index contributed by atoms with van der Waals surface area (Å²) in [4.78, 5) is 11.8. The molecule has 0 bridgehead atoms. The van der Waals surface area contributed by atoms with Crippen LogP contribution in [0.1, 0.15) is 37.7 Å². The molecule has 20 heavy (non-hydrogen) atoms. The molecule has 1 amide bonds. The van der Waals surface area contributed by atoms with Gasteiger partial charge in [-0.25, -0.2) is 8.42 Å². The van der Waals surface area contributed by atoms with Gasteiger partial charge in [0.1, 0.15) is 21.4 Å². The summed E-state index contributed by atoms with van der Waals surface area (Å²) in [6, 6.07) is 3.82. The van der Waals surface area contributed by atoms with Crippen LogP contribution in [0.5, 0.6) is 0 Å². The number of carbonyl (C=O) groups excluding carboxylic acids is 1. The number of hydrogen-bond acceptors (Lipinski definition) is 4. The predicted octanol–water partition coefficient (Wildman–Crippen LogP) is 1.70. The van der Waals surface area contributed by atoms with Gasteiger partial charge in [-0.05, 0) is 24.5 Å². The molecule has 1 aromatic heterocycles. The molecule has 0 aliphatic heterocycles. The van der Waals surface area contributed by atoms with E-state index in [-0.39, 0.29) is 11.7 Å². The number of sulfone groups is 1. The highest BCUT2D eigenvalue weighted by Gasteiger charge is 2.36. The van der Waals surface area contributed by atoms with Crippen molar-refractivity contribution < 1.29 is 17.6 Å². The summed E-state index contributed by atoms with van der Waals surface area (Å²) in [5.74, 6) is 1.92. The van der Waals surface area contributed by atoms with Crippen molar-refractivity contribution in [3.8, 4) is 0 Å². The van der Waals surface area contributed by atoms with Crippen LogP contribution in [-0.4, -0.2) is 26.3 Å². The molecule has 1 aromatic rings. The fourth-order valence-electron chi connectivity index (χ4n) is 2.29. The molecule has 1 aliphatic carbocycles. The first-order chi connectivity index (χ1) is 9.26. The Balaban J connectivity index is 1.82. The van der Waals surface area contributed by atoms with Crippen molar-refractivity contribution in [3.63, 3.8) is 0 Å². The van der Waals surface area contributed by atoms with Crippen molar-refractivity contribution in [1.29, 1.82) is 0 Å². The third-order valence-electron chi connectivity index (χ3n) is 3.59. The van der Waals surface area contributed by atoms with Gasteiger partial charge in [0.15, 0.2) is 0 Å². The zero-order valence-electron chi connectivity index (χ0n) is 12.0. The Morgan fingerprint density at radius 2 is 2.15 bits per heavy atom.